The fraction of sp³-hybridized carbons (Fsp3) is 0.160. The van der Waals surface area contributed by atoms with Crippen LogP contribution in [-0.4, -0.2) is 41.3 Å². The van der Waals surface area contributed by atoms with Crippen molar-refractivity contribution in [3.05, 3.63) is 89.7 Å². The number of anilines is 1. The molecule has 0 aliphatic heterocycles. The molecule has 1 amide bonds. The zero-order chi connectivity index (χ0) is 23.4. The Morgan fingerprint density at radius 3 is 2.45 bits per heavy atom. The Labute approximate surface area is 191 Å². The van der Waals surface area contributed by atoms with Crippen LogP contribution in [0, 0.1) is 0 Å². The second-order valence-corrected chi connectivity index (χ2v) is 7.42. The van der Waals surface area contributed by atoms with Gasteiger partial charge in [0, 0.05) is 18.2 Å². The van der Waals surface area contributed by atoms with Gasteiger partial charge in [0.1, 0.15) is 11.3 Å². The predicted octanol–water partition coefficient (Wildman–Crippen LogP) is 3.16. The van der Waals surface area contributed by atoms with Crippen LogP contribution < -0.4 is 20.5 Å². The van der Waals surface area contributed by atoms with Crippen molar-refractivity contribution in [2.24, 2.45) is 0 Å². The molecule has 0 aliphatic carbocycles. The second kappa shape index (κ2) is 9.44. The molecule has 4 aromatic rings. The fourth-order valence-electron chi connectivity index (χ4n) is 3.70. The first kappa shape index (κ1) is 21.9. The molecule has 8 nitrogen and oxygen atoms in total. The van der Waals surface area contributed by atoms with E-state index in [4.69, 9.17) is 15.2 Å². The summed E-state index contributed by atoms with van der Waals surface area (Å²) in [4.78, 5) is 31.0. The molecule has 0 saturated carbocycles. The van der Waals surface area contributed by atoms with Crippen LogP contribution in [0.25, 0.3) is 5.65 Å². The van der Waals surface area contributed by atoms with E-state index in [9.17, 15) is 9.59 Å². The largest absolute Gasteiger partial charge is 0.493 e. The summed E-state index contributed by atoms with van der Waals surface area (Å²) >= 11 is 0. The minimum Gasteiger partial charge on any atom is -0.493 e. The van der Waals surface area contributed by atoms with Crippen molar-refractivity contribution in [1.29, 1.82) is 0 Å². The molecule has 0 aliphatic rings. The molecule has 1 atom stereocenters. The first-order chi connectivity index (χ1) is 16.0. The highest BCUT2D eigenvalue weighted by molar-refractivity contribution is 6.06. The fourth-order valence-corrected chi connectivity index (χ4v) is 3.70. The lowest BCUT2D eigenvalue weighted by molar-refractivity contribution is 0.0854. The summed E-state index contributed by atoms with van der Waals surface area (Å²) in [5, 5.41) is 2.87. The Balaban J connectivity index is 1.68. The number of ether oxygens (including phenoxy) is 2. The highest BCUT2D eigenvalue weighted by Crippen LogP contribution is 2.27. The molecule has 3 N–H and O–H groups in total. The Morgan fingerprint density at radius 2 is 1.73 bits per heavy atom. The number of nitrogens with one attached hydrogen (secondary N) is 1. The van der Waals surface area contributed by atoms with Gasteiger partial charge in [-0.1, -0.05) is 36.4 Å². The number of ketones is 1. The second-order valence-electron chi connectivity index (χ2n) is 7.42. The number of Topliss-reactive ketones (excluding diaryl/α,β-unsaturated/α-hetero) is 1. The van der Waals surface area contributed by atoms with E-state index < -0.39 is 11.9 Å². The van der Waals surface area contributed by atoms with Crippen LogP contribution in [0.2, 0.25) is 0 Å². The summed E-state index contributed by atoms with van der Waals surface area (Å²) in [6, 6.07) is 18.8. The molecule has 0 fully saturated rings. The third kappa shape index (κ3) is 4.50. The average Bonchev–Trinajstić information content (AvgIpc) is 3.18. The summed E-state index contributed by atoms with van der Waals surface area (Å²) in [7, 11) is 3.02. The van der Waals surface area contributed by atoms with Crippen LogP contribution in [0.1, 0.15) is 26.4 Å². The number of imidazole rings is 1. The van der Waals surface area contributed by atoms with Crippen molar-refractivity contribution in [1.82, 2.24) is 14.7 Å². The van der Waals surface area contributed by atoms with E-state index in [1.165, 1.54) is 14.2 Å². The minimum absolute atomic E-state index is 0.115. The molecule has 2 aromatic heterocycles. The monoisotopic (exact) mass is 444 g/mol. The summed E-state index contributed by atoms with van der Waals surface area (Å²) in [6.07, 6.45) is 2.01. The Kier molecular flexibility index (Phi) is 6.26. The van der Waals surface area contributed by atoms with Crippen molar-refractivity contribution in [3.63, 3.8) is 0 Å². The van der Waals surface area contributed by atoms with Crippen molar-refractivity contribution in [2.45, 2.75) is 12.5 Å². The van der Waals surface area contributed by atoms with Crippen LogP contribution in [0.5, 0.6) is 11.5 Å². The molecule has 8 heteroatoms. The normalized spacial score (nSPS) is 11.7. The van der Waals surface area contributed by atoms with Crippen molar-refractivity contribution < 1.29 is 19.1 Å². The third-order valence-corrected chi connectivity index (χ3v) is 5.34. The molecule has 2 aromatic carbocycles. The molecule has 0 spiro atoms. The van der Waals surface area contributed by atoms with Gasteiger partial charge in [-0.05, 0) is 35.9 Å². The van der Waals surface area contributed by atoms with E-state index in [0.717, 1.165) is 5.56 Å². The van der Waals surface area contributed by atoms with Gasteiger partial charge < -0.3 is 20.5 Å². The highest BCUT2D eigenvalue weighted by Gasteiger charge is 2.28. The molecular formula is C25H24N4O4. The Bertz CT molecular complexity index is 1300. The van der Waals surface area contributed by atoms with Gasteiger partial charge in [0.25, 0.3) is 5.91 Å². The van der Waals surface area contributed by atoms with Crippen LogP contribution in [0.3, 0.4) is 0 Å². The van der Waals surface area contributed by atoms with Gasteiger partial charge in [-0.2, -0.15) is 0 Å². The number of fused-ring (bicyclic) bond motifs is 1. The quantitative estimate of drug-likeness (QED) is 0.404. The number of amides is 1. The number of aromatic nitrogens is 2. The lowest BCUT2D eigenvalue weighted by Gasteiger charge is -2.19. The minimum atomic E-state index is -0.865. The van der Waals surface area contributed by atoms with E-state index in [1.807, 2.05) is 36.4 Å². The summed E-state index contributed by atoms with van der Waals surface area (Å²) in [5.41, 5.74) is 8.13. The van der Waals surface area contributed by atoms with Gasteiger partial charge in [0.2, 0.25) is 5.78 Å². The summed E-state index contributed by atoms with van der Waals surface area (Å²) < 4.78 is 12.2. The molecule has 0 unspecified atom stereocenters. The van der Waals surface area contributed by atoms with E-state index in [2.05, 4.69) is 10.3 Å². The van der Waals surface area contributed by atoms with E-state index in [0.29, 0.717) is 22.7 Å². The van der Waals surface area contributed by atoms with Gasteiger partial charge in [-0.3, -0.25) is 14.0 Å². The van der Waals surface area contributed by atoms with Crippen LogP contribution >= 0.6 is 0 Å². The first-order valence-electron chi connectivity index (χ1n) is 10.4. The molecular weight excluding hydrogens is 420 g/mol. The van der Waals surface area contributed by atoms with Gasteiger partial charge >= 0.3 is 0 Å². The van der Waals surface area contributed by atoms with Gasteiger partial charge in [-0.15, -0.1) is 0 Å². The van der Waals surface area contributed by atoms with Gasteiger partial charge in [0.05, 0.1) is 20.3 Å². The summed E-state index contributed by atoms with van der Waals surface area (Å²) in [6.45, 7) is 0. The number of hydrogen-bond acceptors (Lipinski definition) is 6. The number of methoxy groups -OCH3 is 2. The molecule has 4 rings (SSSR count). The number of nitrogens with two attached hydrogens (primary N) is 1. The van der Waals surface area contributed by atoms with E-state index in [1.54, 1.807) is 40.9 Å². The zero-order valence-corrected chi connectivity index (χ0v) is 18.3. The van der Waals surface area contributed by atoms with Gasteiger partial charge in [-0.25, -0.2) is 4.98 Å². The lowest BCUT2D eigenvalue weighted by Crippen LogP contribution is -2.43. The number of pyridine rings is 1. The number of carbonyl (C=O) groups excluding carboxylic acids is 2. The zero-order valence-electron chi connectivity index (χ0n) is 18.3. The lowest BCUT2D eigenvalue weighted by atomic mass is 9.99. The van der Waals surface area contributed by atoms with Crippen LogP contribution in [-0.2, 0) is 6.42 Å². The number of hydrogen-bond donors (Lipinski definition) is 2. The number of benzene rings is 2. The van der Waals surface area contributed by atoms with Crippen molar-refractivity contribution >= 4 is 23.2 Å². The average molecular weight is 444 g/mol. The Hall–Kier alpha value is -4.33. The number of nitrogens with zero attached hydrogens (tertiary/aromatic N) is 2. The maximum Gasteiger partial charge on any atom is 0.252 e. The Morgan fingerprint density at radius 1 is 1.00 bits per heavy atom. The number of rotatable bonds is 8. The standard InChI is InChI=1S/C25H24N4O4/c1-32-19-12-11-17(15-20(19)33-2)25(31)27-18(14-16-8-4-3-5-9-16)23(30)22-24(26)28-21-10-6-7-13-29(21)22/h3-13,15,18H,14,26H2,1-2H3,(H,27,31)/t18-/m0/s1. The highest BCUT2D eigenvalue weighted by atomic mass is 16.5. The molecule has 0 saturated heterocycles. The van der Waals surface area contributed by atoms with Crippen molar-refractivity contribution in [3.8, 4) is 11.5 Å². The van der Waals surface area contributed by atoms with Crippen LogP contribution in [0.4, 0.5) is 5.82 Å². The molecule has 0 bridgehead atoms. The topological polar surface area (TPSA) is 108 Å². The van der Waals surface area contributed by atoms with E-state index >= 15 is 0 Å². The molecule has 33 heavy (non-hydrogen) atoms. The number of carbonyl (C=O) groups is 2. The number of nitrogen functional groups attached to an aromatic ring is 1. The van der Waals surface area contributed by atoms with E-state index in [-0.39, 0.29) is 23.7 Å². The van der Waals surface area contributed by atoms with Crippen molar-refractivity contribution in [2.75, 3.05) is 20.0 Å². The predicted molar refractivity (Wildman–Crippen MR) is 125 cm³/mol. The van der Waals surface area contributed by atoms with Gasteiger partial charge in [0.15, 0.2) is 17.3 Å². The third-order valence-electron chi connectivity index (χ3n) is 5.34. The molecule has 0 radical (unpaired) electrons. The smallest absolute Gasteiger partial charge is 0.252 e. The first-order valence-corrected chi connectivity index (χ1v) is 10.4. The SMILES string of the molecule is COc1ccc(C(=O)N[C@@H](Cc2ccccc2)C(=O)c2c(N)nc3ccccn23)cc1OC. The molecule has 2 heterocycles. The maximum absolute atomic E-state index is 13.6. The maximum atomic E-state index is 13.6. The van der Waals surface area contributed by atoms with Crippen LogP contribution in [0.15, 0.2) is 72.9 Å². The molecule has 168 valence electrons. The summed E-state index contributed by atoms with van der Waals surface area (Å²) in [5.74, 6) is 0.290.